The molecule has 1 heterocycles. The maximum Gasteiger partial charge on any atom is 0.179 e. The third kappa shape index (κ3) is 2.33. The van der Waals surface area contributed by atoms with Crippen molar-refractivity contribution in [3.8, 4) is 0 Å². The molecule has 1 aromatic rings. The Labute approximate surface area is 98.2 Å². The van der Waals surface area contributed by atoms with E-state index in [1.807, 2.05) is 0 Å². The quantitative estimate of drug-likeness (QED) is 0.759. The summed E-state index contributed by atoms with van der Waals surface area (Å²) in [4.78, 5) is 12.1. The standard InChI is InChI=1S/C12H15BrO2/c1-8-2-4-9(5-3-8)11(14)10-6-7-15-12(10)13/h6-9H,2-5H2,1H3. The first kappa shape index (κ1) is 10.9. The predicted octanol–water partition coefficient (Wildman–Crippen LogP) is 4.05. The Kier molecular flexibility index (Phi) is 3.29. The molecule has 2 rings (SSSR count). The molecule has 0 radical (unpaired) electrons. The smallest absolute Gasteiger partial charge is 0.179 e. The van der Waals surface area contributed by atoms with E-state index in [4.69, 9.17) is 4.42 Å². The molecule has 0 spiro atoms. The number of furan rings is 1. The molecule has 1 aliphatic rings. The van der Waals surface area contributed by atoms with Crippen molar-refractivity contribution in [3.63, 3.8) is 0 Å². The number of Topliss-reactive ketones (excluding diaryl/α,β-unsaturated/α-hetero) is 1. The van der Waals surface area contributed by atoms with E-state index >= 15 is 0 Å². The topological polar surface area (TPSA) is 30.2 Å². The van der Waals surface area contributed by atoms with E-state index < -0.39 is 0 Å². The van der Waals surface area contributed by atoms with Crippen molar-refractivity contribution in [2.24, 2.45) is 11.8 Å². The zero-order chi connectivity index (χ0) is 10.8. The van der Waals surface area contributed by atoms with Crippen molar-refractivity contribution in [1.29, 1.82) is 0 Å². The van der Waals surface area contributed by atoms with E-state index in [2.05, 4.69) is 22.9 Å². The molecule has 0 N–H and O–H groups in total. The second-order valence-electron chi connectivity index (χ2n) is 4.43. The molecule has 0 bridgehead atoms. The van der Waals surface area contributed by atoms with Gasteiger partial charge in [-0.1, -0.05) is 19.8 Å². The number of halogens is 1. The maximum atomic E-state index is 12.1. The van der Waals surface area contributed by atoms with Gasteiger partial charge in [-0.25, -0.2) is 0 Å². The summed E-state index contributed by atoms with van der Waals surface area (Å²) in [5, 5.41) is 0. The molecule has 1 fully saturated rings. The van der Waals surface area contributed by atoms with Gasteiger partial charge in [0, 0.05) is 5.92 Å². The molecule has 0 amide bonds. The second kappa shape index (κ2) is 4.52. The van der Waals surface area contributed by atoms with Crippen LogP contribution in [0.5, 0.6) is 0 Å². The Hall–Kier alpha value is -0.570. The van der Waals surface area contributed by atoms with Crippen molar-refractivity contribution in [2.75, 3.05) is 0 Å². The molecule has 1 saturated carbocycles. The lowest BCUT2D eigenvalue weighted by Crippen LogP contribution is -2.20. The van der Waals surface area contributed by atoms with Crippen LogP contribution in [0.15, 0.2) is 21.4 Å². The highest BCUT2D eigenvalue weighted by molar-refractivity contribution is 9.10. The molecule has 82 valence electrons. The number of carbonyl (C=O) groups is 1. The Morgan fingerprint density at radius 3 is 2.60 bits per heavy atom. The highest BCUT2D eigenvalue weighted by atomic mass is 79.9. The molecule has 0 aliphatic heterocycles. The van der Waals surface area contributed by atoms with Gasteiger partial charge in [-0.3, -0.25) is 4.79 Å². The number of ketones is 1. The summed E-state index contributed by atoms with van der Waals surface area (Å²) in [5.41, 5.74) is 0.703. The van der Waals surface area contributed by atoms with Crippen molar-refractivity contribution in [3.05, 3.63) is 22.6 Å². The van der Waals surface area contributed by atoms with E-state index in [1.165, 1.54) is 12.8 Å². The summed E-state index contributed by atoms with van der Waals surface area (Å²) >= 11 is 3.26. The van der Waals surface area contributed by atoms with E-state index in [9.17, 15) is 4.79 Å². The van der Waals surface area contributed by atoms with Gasteiger partial charge < -0.3 is 4.42 Å². The minimum absolute atomic E-state index is 0.204. The monoisotopic (exact) mass is 270 g/mol. The van der Waals surface area contributed by atoms with Gasteiger partial charge in [0.25, 0.3) is 0 Å². The average molecular weight is 271 g/mol. The van der Waals surface area contributed by atoms with Crippen LogP contribution in [-0.2, 0) is 0 Å². The molecular weight excluding hydrogens is 256 g/mol. The van der Waals surface area contributed by atoms with E-state index in [0.717, 1.165) is 18.8 Å². The van der Waals surface area contributed by atoms with Crippen LogP contribution in [0.4, 0.5) is 0 Å². The number of hydrogen-bond acceptors (Lipinski definition) is 2. The lowest BCUT2D eigenvalue weighted by molar-refractivity contribution is 0.0874. The molecule has 15 heavy (non-hydrogen) atoms. The maximum absolute atomic E-state index is 12.1. The van der Waals surface area contributed by atoms with Crippen LogP contribution in [0.2, 0.25) is 0 Å². The molecular formula is C12H15BrO2. The van der Waals surface area contributed by atoms with Crippen LogP contribution in [0, 0.1) is 11.8 Å². The van der Waals surface area contributed by atoms with E-state index in [0.29, 0.717) is 10.2 Å². The molecule has 1 aliphatic carbocycles. The molecule has 0 saturated heterocycles. The summed E-state index contributed by atoms with van der Waals surface area (Å²) in [6.45, 7) is 2.26. The average Bonchev–Trinajstić information content (AvgIpc) is 2.65. The van der Waals surface area contributed by atoms with Gasteiger partial charge in [0.05, 0.1) is 11.8 Å². The molecule has 0 unspecified atom stereocenters. The predicted molar refractivity (Wildman–Crippen MR) is 61.9 cm³/mol. The van der Waals surface area contributed by atoms with Gasteiger partial charge in [0.15, 0.2) is 10.5 Å². The Morgan fingerprint density at radius 2 is 2.07 bits per heavy atom. The van der Waals surface area contributed by atoms with Gasteiger partial charge in [0.2, 0.25) is 0 Å². The van der Waals surface area contributed by atoms with Crippen LogP contribution >= 0.6 is 15.9 Å². The number of rotatable bonds is 2. The lowest BCUT2D eigenvalue weighted by atomic mass is 9.80. The van der Waals surface area contributed by atoms with Crippen LogP contribution in [0.25, 0.3) is 0 Å². The summed E-state index contributed by atoms with van der Waals surface area (Å²) in [6, 6.07) is 1.75. The van der Waals surface area contributed by atoms with Crippen LogP contribution in [0.1, 0.15) is 43.0 Å². The summed E-state index contributed by atoms with van der Waals surface area (Å²) in [6.07, 6.45) is 5.95. The van der Waals surface area contributed by atoms with Crippen molar-refractivity contribution in [2.45, 2.75) is 32.6 Å². The summed E-state index contributed by atoms with van der Waals surface area (Å²) < 4.78 is 5.67. The highest BCUT2D eigenvalue weighted by Gasteiger charge is 2.27. The SMILES string of the molecule is CC1CCC(C(=O)c2ccoc2Br)CC1. The molecule has 3 heteroatoms. The first-order valence-electron chi connectivity index (χ1n) is 5.45. The molecule has 0 aromatic carbocycles. The van der Waals surface area contributed by atoms with Crippen molar-refractivity contribution in [1.82, 2.24) is 0 Å². The van der Waals surface area contributed by atoms with E-state index in [-0.39, 0.29) is 11.7 Å². The number of hydrogen-bond donors (Lipinski definition) is 0. The third-order valence-electron chi connectivity index (χ3n) is 3.27. The summed E-state index contributed by atoms with van der Waals surface area (Å²) in [7, 11) is 0. The zero-order valence-electron chi connectivity index (χ0n) is 8.83. The highest BCUT2D eigenvalue weighted by Crippen LogP contribution is 2.32. The first-order chi connectivity index (χ1) is 7.18. The fourth-order valence-electron chi connectivity index (χ4n) is 2.21. The molecule has 0 atom stereocenters. The van der Waals surface area contributed by atoms with Crippen molar-refractivity contribution >= 4 is 21.7 Å². The fraction of sp³-hybridized carbons (Fsp3) is 0.583. The second-order valence-corrected chi connectivity index (χ2v) is 5.15. The van der Waals surface area contributed by atoms with Crippen LogP contribution in [0.3, 0.4) is 0 Å². The molecule has 2 nitrogen and oxygen atoms in total. The molecule has 1 aromatic heterocycles. The number of carbonyl (C=O) groups excluding carboxylic acids is 1. The van der Waals surface area contributed by atoms with Gasteiger partial charge in [-0.05, 0) is 40.8 Å². The van der Waals surface area contributed by atoms with Crippen LogP contribution in [-0.4, -0.2) is 5.78 Å². The zero-order valence-corrected chi connectivity index (χ0v) is 10.4. The Bertz CT molecular complexity index is 348. The minimum atomic E-state index is 0.204. The van der Waals surface area contributed by atoms with Crippen molar-refractivity contribution < 1.29 is 9.21 Å². The largest absolute Gasteiger partial charge is 0.457 e. The third-order valence-corrected chi connectivity index (χ3v) is 3.88. The Morgan fingerprint density at radius 1 is 1.40 bits per heavy atom. The first-order valence-corrected chi connectivity index (χ1v) is 6.25. The van der Waals surface area contributed by atoms with Crippen LogP contribution < -0.4 is 0 Å². The van der Waals surface area contributed by atoms with E-state index in [1.54, 1.807) is 12.3 Å². The Balaban J connectivity index is 2.06. The minimum Gasteiger partial charge on any atom is -0.457 e. The fourth-order valence-corrected chi connectivity index (χ4v) is 2.65. The summed E-state index contributed by atoms with van der Waals surface area (Å²) in [5.74, 6) is 1.22. The normalized spacial score (nSPS) is 26.5. The van der Waals surface area contributed by atoms with Gasteiger partial charge in [-0.2, -0.15) is 0 Å². The van der Waals surface area contributed by atoms with Gasteiger partial charge >= 0.3 is 0 Å². The lowest BCUT2D eigenvalue weighted by Gasteiger charge is -2.24. The van der Waals surface area contributed by atoms with Gasteiger partial charge in [-0.15, -0.1) is 0 Å². The van der Waals surface area contributed by atoms with Gasteiger partial charge in [0.1, 0.15) is 0 Å².